The molecule has 4 heteroatoms. The number of hydrogen-bond acceptors (Lipinski definition) is 4. The molecule has 1 aliphatic carbocycles. The van der Waals surface area contributed by atoms with Gasteiger partial charge in [0, 0.05) is 0 Å². The quantitative estimate of drug-likeness (QED) is 0.318. The summed E-state index contributed by atoms with van der Waals surface area (Å²) in [5.74, 6) is -2.29. The molecule has 2 atom stereocenters. The SMILES string of the molecule is OC1CCCC(O)C1(O)O. The van der Waals surface area contributed by atoms with E-state index in [1.165, 1.54) is 0 Å². The van der Waals surface area contributed by atoms with E-state index in [1.54, 1.807) is 0 Å². The van der Waals surface area contributed by atoms with Gasteiger partial charge in [-0.15, -0.1) is 0 Å². The Morgan fingerprint density at radius 3 is 1.70 bits per heavy atom. The first-order chi connectivity index (χ1) is 4.55. The average Bonchev–Trinajstić information content (AvgIpc) is 1.84. The summed E-state index contributed by atoms with van der Waals surface area (Å²) in [5, 5.41) is 35.8. The van der Waals surface area contributed by atoms with Crippen molar-refractivity contribution in [2.75, 3.05) is 0 Å². The molecule has 60 valence electrons. The fourth-order valence-corrected chi connectivity index (χ4v) is 1.15. The van der Waals surface area contributed by atoms with Crippen LogP contribution in [0.2, 0.25) is 0 Å². The maximum atomic E-state index is 8.97. The van der Waals surface area contributed by atoms with E-state index < -0.39 is 18.0 Å². The highest BCUT2D eigenvalue weighted by molar-refractivity contribution is 4.87. The monoisotopic (exact) mass is 148 g/mol. The number of rotatable bonds is 0. The molecule has 0 spiro atoms. The van der Waals surface area contributed by atoms with Gasteiger partial charge in [0.05, 0.1) is 0 Å². The predicted molar refractivity (Wildman–Crippen MR) is 33.0 cm³/mol. The summed E-state index contributed by atoms with van der Waals surface area (Å²) in [6.45, 7) is 0. The second kappa shape index (κ2) is 2.47. The third kappa shape index (κ3) is 1.15. The summed E-state index contributed by atoms with van der Waals surface area (Å²) in [4.78, 5) is 0. The molecular formula is C6H12O4. The highest BCUT2D eigenvalue weighted by atomic mass is 16.5. The lowest BCUT2D eigenvalue weighted by Crippen LogP contribution is -2.54. The summed E-state index contributed by atoms with van der Waals surface area (Å²) in [7, 11) is 0. The molecular weight excluding hydrogens is 136 g/mol. The molecule has 4 N–H and O–H groups in total. The fourth-order valence-electron chi connectivity index (χ4n) is 1.15. The Kier molecular flexibility index (Phi) is 1.96. The zero-order chi connectivity index (χ0) is 7.78. The van der Waals surface area contributed by atoms with Gasteiger partial charge in [-0.25, -0.2) is 0 Å². The zero-order valence-corrected chi connectivity index (χ0v) is 5.56. The smallest absolute Gasteiger partial charge is 0.216 e. The zero-order valence-electron chi connectivity index (χ0n) is 5.56. The van der Waals surface area contributed by atoms with Crippen molar-refractivity contribution in [3.8, 4) is 0 Å². The minimum atomic E-state index is -2.29. The number of aliphatic hydroxyl groups is 4. The van der Waals surface area contributed by atoms with E-state index in [0.29, 0.717) is 19.3 Å². The van der Waals surface area contributed by atoms with Crippen LogP contribution in [0.25, 0.3) is 0 Å². The molecule has 0 heterocycles. The van der Waals surface area contributed by atoms with Gasteiger partial charge in [0.15, 0.2) is 0 Å². The van der Waals surface area contributed by atoms with Crippen LogP contribution in [0.3, 0.4) is 0 Å². The maximum Gasteiger partial charge on any atom is 0.216 e. The van der Waals surface area contributed by atoms with Gasteiger partial charge in [-0.05, 0) is 19.3 Å². The average molecular weight is 148 g/mol. The Hall–Kier alpha value is -0.160. The summed E-state index contributed by atoms with van der Waals surface area (Å²) in [6.07, 6.45) is -1.12. The fraction of sp³-hybridized carbons (Fsp3) is 1.00. The summed E-state index contributed by atoms with van der Waals surface area (Å²) in [6, 6.07) is 0. The van der Waals surface area contributed by atoms with Crippen molar-refractivity contribution in [2.24, 2.45) is 0 Å². The van der Waals surface area contributed by atoms with E-state index >= 15 is 0 Å². The minimum absolute atomic E-state index is 0.337. The molecule has 4 nitrogen and oxygen atoms in total. The van der Waals surface area contributed by atoms with Gasteiger partial charge >= 0.3 is 0 Å². The molecule has 0 aromatic carbocycles. The molecule has 0 saturated heterocycles. The molecule has 0 bridgehead atoms. The van der Waals surface area contributed by atoms with Crippen molar-refractivity contribution in [3.63, 3.8) is 0 Å². The van der Waals surface area contributed by atoms with Crippen LogP contribution in [0.4, 0.5) is 0 Å². The molecule has 10 heavy (non-hydrogen) atoms. The van der Waals surface area contributed by atoms with Gasteiger partial charge in [-0.2, -0.15) is 0 Å². The third-order valence-electron chi connectivity index (χ3n) is 1.94. The van der Waals surface area contributed by atoms with Crippen molar-refractivity contribution in [3.05, 3.63) is 0 Å². The Labute approximate surface area is 58.7 Å². The first kappa shape index (κ1) is 7.94. The molecule has 0 amide bonds. The van der Waals surface area contributed by atoms with Gasteiger partial charge < -0.3 is 20.4 Å². The topological polar surface area (TPSA) is 80.9 Å². The highest BCUT2D eigenvalue weighted by Crippen LogP contribution is 2.26. The highest BCUT2D eigenvalue weighted by Gasteiger charge is 2.43. The Morgan fingerprint density at radius 1 is 1.00 bits per heavy atom. The summed E-state index contributed by atoms with van der Waals surface area (Å²) < 4.78 is 0. The van der Waals surface area contributed by atoms with E-state index in [2.05, 4.69) is 0 Å². The molecule has 1 fully saturated rings. The third-order valence-corrected chi connectivity index (χ3v) is 1.94. The van der Waals surface area contributed by atoms with Crippen molar-refractivity contribution in [1.29, 1.82) is 0 Å². The second-order valence-electron chi connectivity index (χ2n) is 2.75. The summed E-state index contributed by atoms with van der Waals surface area (Å²) >= 11 is 0. The lowest BCUT2D eigenvalue weighted by molar-refractivity contribution is -0.287. The first-order valence-corrected chi connectivity index (χ1v) is 3.36. The van der Waals surface area contributed by atoms with Crippen LogP contribution in [0.1, 0.15) is 19.3 Å². The Morgan fingerprint density at radius 2 is 1.40 bits per heavy atom. The van der Waals surface area contributed by atoms with Gasteiger partial charge in [-0.3, -0.25) is 0 Å². The minimum Gasteiger partial charge on any atom is -0.387 e. The standard InChI is InChI=1S/C6H12O4/c7-4-2-1-3-5(8)6(4,9)10/h4-5,7-10H,1-3H2. The van der Waals surface area contributed by atoms with E-state index in [9.17, 15) is 0 Å². The number of hydrogen-bond donors (Lipinski definition) is 4. The van der Waals surface area contributed by atoms with Crippen LogP contribution in [-0.4, -0.2) is 38.4 Å². The lowest BCUT2D eigenvalue weighted by atomic mass is 9.89. The van der Waals surface area contributed by atoms with E-state index in [1.807, 2.05) is 0 Å². The molecule has 1 saturated carbocycles. The van der Waals surface area contributed by atoms with Crippen LogP contribution in [0, 0.1) is 0 Å². The van der Waals surface area contributed by atoms with Gasteiger partial charge in [-0.1, -0.05) is 0 Å². The van der Waals surface area contributed by atoms with Crippen molar-refractivity contribution in [1.82, 2.24) is 0 Å². The normalized spacial score (nSPS) is 39.6. The van der Waals surface area contributed by atoms with Gasteiger partial charge in [0.25, 0.3) is 0 Å². The van der Waals surface area contributed by atoms with Crippen LogP contribution >= 0.6 is 0 Å². The molecule has 0 aromatic heterocycles. The second-order valence-corrected chi connectivity index (χ2v) is 2.75. The summed E-state index contributed by atoms with van der Waals surface area (Å²) in [5.41, 5.74) is 0. The first-order valence-electron chi connectivity index (χ1n) is 3.36. The molecule has 1 aliphatic rings. The Balaban J connectivity index is 2.63. The van der Waals surface area contributed by atoms with Crippen LogP contribution < -0.4 is 0 Å². The van der Waals surface area contributed by atoms with Crippen molar-refractivity contribution in [2.45, 2.75) is 37.3 Å². The van der Waals surface area contributed by atoms with Crippen molar-refractivity contribution >= 4 is 0 Å². The van der Waals surface area contributed by atoms with Crippen LogP contribution in [-0.2, 0) is 0 Å². The maximum absolute atomic E-state index is 8.97. The van der Waals surface area contributed by atoms with E-state index in [4.69, 9.17) is 20.4 Å². The van der Waals surface area contributed by atoms with Crippen LogP contribution in [0.15, 0.2) is 0 Å². The van der Waals surface area contributed by atoms with Crippen molar-refractivity contribution < 1.29 is 20.4 Å². The predicted octanol–water partition coefficient (Wildman–Crippen LogP) is -1.43. The molecule has 1 rings (SSSR count). The Bertz CT molecular complexity index is 111. The molecule has 0 aromatic rings. The largest absolute Gasteiger partial charge is 0.387 e. The molecule has 0 radical (unpaired) electrons. The van der Waals surface area contributed by atoms with E-state index in [-0.39, 0.29) is 0 Å². The van der Waals surface area contributed by atoms with Crippen LogP contribution in [0.5, 0.6) is 0 Å². The van der Waals surface area contributed by atoms with Gasteiger partial charge in [0.1, 0.15) is 12.2 Å². The van der Waals surface area contributed by atoms with Gasteiger partial charge in [0.2, 0.25) is 5.79 Å². The van der Waals surface area contributed by atoms with E-state index in [0.717, 1.165) is 0 Å². The molecule has 0 aliphatic heterocycles. The number of aliphatic hydroxyl groups excluding tert-OH is 2. The molecule has 2 unspecified atom stereocenters. The lowest BCUT2D eigenvalue weighted by Gasteiger charge is -2.35.